The standard InChI is InChI=1S/C13H17NO4/c1-13(2,3)18-12(16)14-11-9(8-15)6-5-7-10(11)17-4/h5-8H,1-4H3,(H,14,16). The van der Waals surface area contributed by atoms with Crippen molar-refractivity contribution in [1.82, 2.24) is 0 Å². The molecule has 1 N–H and O–H groups in total. The van der Waals surface area contributed by atoms with E-state index in [-0.39, 0.29) is 0 Å². The topological polar surface area (TPSA) is 64.6 Å². The molecule has 0 aliphatic rings. The van der Waals surface area contributed by atoms with Gasteiger partial charge in [-0.25, -0.2) is 4.79 Å². The van der Waals surface area contributed by atoms with E-state index < -0.39 is 11.7 Å². The van der Waals surface area contributed by atoms with E-state index in [0.29, 0.717) is 23.3 Å². The second-order valence-electron chi connectivity index (χ2n) is 4.67. The van der Waals surface area contributed by atoms with E-state index in [1.54, 1.807) is 39.0 Å². The number of amides is 1. The molecule has 0 unspecified atom stereocenters. The molecule has 0 atom stereocenters. The van der Waals surface area contributed by atoms with Crippen LogP contribution in [0.1, 0.15) is 31.1 Å². The minimum absolute atomic E-state index is 0.309. The maximum Gasteiger partial charge on any atom is 0.412 e. The summed E-state index contributed by atoms with van der Waals surface area (Å²) in [7, 11) is 1.46. The molecule has 0 heterocycles. The molecule has 0 spiro atoms. The lowest BCUT2D eigenvalue weighted by Gasteiger charge is -2.20. The smallest absolute Gasteiger partial charge is 0.412 e. The lowest BCUT2D eigenvalue weighted by molar-refractivity contribution is 0.0635. The molecular formula is C13H17NO4. The number of carbonyl (C=O) groups is 2. The molecule has 1 aromatic carbocycles. The van der Waals surface area contributed by atoms with E-state index in [9.17, 15) is 9.59 Å². The number of hydrogen-bond donors (Lipinski definition) is 1. The average molecular weight is 251 g/mol. The third kappa shape index (κ3) is 3.76. The van der Waals surface area contributed by atoms with Crippen LogP contribution in [0.2, 0.25) is 0 Å². The number of aldehydes is 1. The maximum absolute atomic E-state index is 11.7. The van der Waals surface area contributed by atoms with Crippen LogP contribution in [0.15, 0.2) is 18.2 Å². The summed E-state index contributed by atoms with van der Waals surface area (Å²) in [5.74, 6) is 0.408. The first-order valence-corrected chi connectivity index (χ1v) is 5.49. The van der Waals surface area contributed by atoms with Gasteiger partial charge in [0.25, 0.3) is 0 Å². The molecule has 18 heavy (non-hydrogen) atoms. The second kappa shape index (κ2) is 5.53. The highest BCUT2D eigenvalue weighted by molar-refractivity contribution is 5.95. The van der Waals surface area contributed by atoms with Gasteiger partial charge >= 0.3 is 6.09 Å². The minimum atomic E-state index is -0.630. The Morgan fingerprint density at radius 1 is 1.33 bits per heavy atom. The predicted molar refractivity (Wildman–Crippen MR) is 68.2 cm³/mol. The van der Waals surface area contributed by atoms with Gasteiger partial charge in [0.2, 0.25) is 0 Å². The molecule has 0 fully saturated rings. The number of benzene rings is 1. The molecule has 0 aromatic heterocycles. The van der Waals surface area contributed by atoms with Gasteiger partial charge in [0.05, 0.1) is 12.8 Å². The van der Waals surface area contributed by atoms with Gasteiger partial charge in [-0.15, -0.1) is 0 Å². The van der Waals surface area contributed by atoms with Crippen LogP contribution in [0.25, 0.3) is 0 Å². The SMILES string of the molecule is COc1cccc(C=O)c1NC(=O)OC(C)(C)C. The number of para-hydroxylation sites is 1. The first kappa shape index (κ1) is 14.0. The summed E-state index contributed by atoms with van der Waals surface area (Å²) in [4.78, 5) is 22.6. The fourth-order valence-corrected chi connectivity index (χ4v) is 1.36. The van der Waals surface area contributed by atoms with Crippen molar-refractivity contribution in [1.29, 1.82) is 0 Å². The van der Waals surface area contributed by atoms with Crippen molar-refractivity contribution in [3.63, 3.8) is 0 Å². The van der Waals surface area contributed by atoms with Crippen LogP contribution >= 0.6 is 0 Å². The van der Waals surface area contributed by atoms with Gasteiger partial charge in [-0.3, -0.25) is 10.1 Å². The van der Waals surface area contributed by atoms with Gasteiger partial charge in [-0.05, 0) is 32.9 Å². The van der Waals surface area contributed by atoms with Crippen molar-refractivity contribution in [2.45, 2.75) is 26.4 Å². The molecule has 0 aliphatic carbocycles. The minimum Gasteiger partial charge on any atom is -0.495 e. The first-order chi connectivity index (χ1) is 8.37. The van der Waals surface area contributed by atoms with Crippen molar-refractivity contribution >= 4 is 18.1 Å². The van der Waals surface area contributed by atoms with Gasteiger partial charge in [-0.2, -0.15) is 0 Å². The van der Waals surface area contributed by atoms with Crippen molar-refractivity contribution in [2.24, 2.45) is 0 Å². The average Bonchev–Trinajstić information content (AvgIpc) is 2.26. The Bertz CT molecular complexity index is 449. The molecule has 0 aliphatic heterocycles. The van der Waals surface area contributed by atoms with E-state index >= 15 is 0 Å². The van der Waals surface area contributed by atoms with Gasteiger partial charge in [-0.1, -0.05) is 6.07 Å². The fraction of sp³-hybridized carbons (Fsp3) is 0.385. The molecule has 0 saturated carbocycles. The summed E-state index contributed by atoms with van der Waals surface area (Å²) in [5, 5.41) is 2.52. The number of methoxy groups -OCH3 is 1. The van der Waals surface area contributed by atoms with Crippen LogP contribution in [-0.2, 0) is 4.74 Å². The quantitative estimate of drug-likeness (QED) is 0.839. The molecular weight excluding hydrogens is 234 g/mol. The monoisotopic (exact) mass is 251 g/mol. The molecule has 1 aromatic rings. The van der Waals surface area contributed by atoms with Crippen LogP contribution in [0, 0.1) is 0 Å². The molecule has 0 saturated heterocycles. The first-order valence-electron chi connectivity index (χ1n) is 5.49. The number of carbonyl (C=O) groups excluding carboxylic acids is 2. The Hall–Kier alpha value is -2.04. The molecule has 5 nitrogen and oxygen atoms in total. The van der Waals surface area contributed by atoms with E-state index in [1.165, 1.54) is 7.11 Å². The lowest BCUT2D eigenvalue weighted by Crippen LogP contribution is -2.27. The molecule has 5 heteroatoms. The number of rotatable bonds is 3. The van der Waals surface area contributed by atoms with E-state index in [1.807, 2.05) is 0 Å². The Morgan fingerprint density at radius 2 is 2.00 bits per heavy atom. The number of nitrogens with one attached hydrogen (secondary N) is 1. The molecule has 0 bridgehead atoms. The van der Waals surface area contributed by atoms with Crippen LogP contribution in [0.4, 0.5) is 10.5 Å². The Labute approximate surface area is 106 Å². The molecule has 0 radical (unpaired) electrons. The van der Waals surface area contributed by atoms with Gasteiger partial charge in [0.15, 0.2) is 6.29 Å². The summed E-state index contributed by atoms with van der Waals surface area (Å²) in [6.45, 7) is 5.28. The highest BCUT2D eigenvalue weighted by atomic mass is 16.6. The summed E-state index contributed by atoms with van der Waals surface area (Å²) >= 11 is 0. The largest absolute Gasteiger partial charge is 0.495 e. The fourth-order valence-electron chi connectivity index (χ4n) is 1.36. The van der Waals surface area contributed by atoms with Gasteiger partial charge in [0, 0.05) is 5.56 Å². The van der Waals surface area contributed by atoms with E-state index in [2.05, 4.69) is 5.32 Å². The summed E-state index contributed by atoms with van der Waals surface area (Å²) < 4.78 is 10.2. The Kier molecular flexibility index (Phi) is 4.31. The predicted octanol–water partition coefficient (Wildman–Crippen LogP) is 2.85. The van der Waals surface area contributed by atoms with Crippen molar-refractivity contribution in [2.75, 3.05) is 12.4 Å². The zero-order chi connectivity index (χ0) is 13.8. The van der Waals surface area contributed by atoms with Crippen LogP contribution < -0.4 is 10.1 Å². The summed E-state index contributed by atoms with van der Waals surface area (Å²) in [5.41, 5.74) is 0.0393. The molecule has 1 amide bonds. The lowest BCUT2D eigenvalue weighted by atomic mass is 10.2. The third-order valence-electron chi connectivity index (χ3n) is 2.03. The van der Waals surface area contributed by atoms with E-state index in [0.717, 1.165) is 0 Å². The molecule has 1 rings (SSSR count). The highest BCUT2D eigenvalue weighted by Crippen LogP contribution is 2.27. The number of hydrogen-bond acceptors (Lipinski definition) is 4. The van der Waals surface area contributed by atoms with Gasteiger partial charge in [0.1, 0.15) is 11.4 Å². The summed E-state index contributed by atoms with van der Waals surface area (Å²) in [6, 6.07) is 4.91. The zero-order valence-corrected chi connectivity index (χ0v) is 10.9. The summed E-state index contributed by atoms with van der Waals surface area (Å²) in [6.07, 6.45) is 0.0185. The second-order valence-corrected chi connectivity index (χ2v) is 4.67. The van der Waals surface area contributed by atoms with Crippen LogP contribution in [-0.4, -0.2) is 25.1 Å². The third-order valence-corrected chi connectivity index (χ3v) is 2.03. The van der Waals surface area contributed by atoms with Gasteiger partial charge < -0.3 is 9.47 Å². The number of anilines is 1. The van der Waals surface area contributed by atoms with Crippen molar-refractivity contribution in [3.8, 4) is 5.75 Å². The maximum atomic E-state index is 11.7. The van der Waals surface area contributed by atoms with Crippen LogP contribution in [0.3, 0.4) is 0 Å². The number of ether oxygens (including phenoxy) is 2. The Morgan fingerprint density at radius 3 is 2.50 bits per heavy atom. The van der Waals surface area contributed by atoms with Crippen molar-refractivity contribution in [3.05, 3.63) is 23.8 Å². The normalized spacial score (nSPS) is 10.7. The van der Waals surface area contributed by atoms with Crippen LogP contribution in [0.5, 0.6) is 5.75 Å². The highest BCUT2D eigenvalue weighted by Gasteiger charge is 2.18. The molecule has 98 valence electrons. The van der Waals surface area contributed by atoms with Crippen molar-refractivity contribution < 1.29 is 19.1 Å². The van der Waals surface area contributed by atoms with E-state index in [4.69, 9.17) is 9.47 Å². The Balaban J connectivity index is 2.95. The zero-order valence-electron chi connectivity index (χ0n) is 10.9.